The van der Waals surface area contributed by atoms with Crippen LogP contribution in [-0.4, -0.2) is 5.71 Å². The first kappa shape index (κ1) is 17.5. The zero-order valence-electron chi connectivity index (χ0n) is 14.7. The smallest absolute Gasteiger partial charge is 0.0352 e. The van der Waals surface area contributed by atoms with Gasteiger partial charge in [0.15, 0.2) is 0 Å². The SMILES string of the molecule is CC/C=C/C(=C\C(=C\CCC)C(C)=N)c1ccc(C2CC2)cc1. The first-order chi connectivity index (χ1) is 11.2. The summed E-state index contributed by atoms with van der Waals surface area (Å²) in [5, 5.41) is 8.02. The highest BCUT2D eigenvalue weighted by Gasteiger charge is 2.22. The Hall–Kier alpha value is -1.89. The summed E-state index contributed by atoms with van der Waals surface area (Å²) >= 11 is 0. The van der Waals surface area contributed by atoms with Crippen molar-refractivity contribution in [2.24, 2.45) is 0 Å². The predicted molar refractivity (Wildman–Crippen MR) is 102 cm³/mol. The summed E-state index contributed by atoms with van der Waals surface area (Å²) in [7, 11) is 0. The lowest BCUT2D eigenvalue weighted by Crippen LogP contribution is -1.94. The van der Waals surface area contributed by atoms with Crippen LogP contribution >= 0.6 is 0 Å². The van der Waals surface area contributed by atoms with Gasteiger partial charge in [0.1, 0.15) is 0 Å². The van der Waals surface area contributed by atoms with Gasteiger partial charge >= 0.3 is 0 Å². The Labute approximate surface area is 141 Å². The number of unbranched alkanes of at least 4 members (excludes halogenated alkanes) is 1. The van der Waals surface area contributed by atoms with Crippen molar-refractivity contribution in [2.75, 3.05) is 0 Å². The molecule has 0 amide bonds. The van der Waals surface area contributed by atoms with E-state index in [1.54, 1.807) is 0 Å². The molecule has 0 aliphatic heterocycles. The second kappa shape index (κ2) is 8.67. The van der Waals surface area contributed by atoms with E-state index < -0.39 is 0 Å². The molecule has 0 radical (unpaired) electrons. The third kappa shape index (κ3) is 5.35. The molecule has 1 aromatic carbocycles. The van der Waals surface area contributed by atoms with E-state index in [4.69, 9.17) is 5.41 Å². The van der Waals surface area contributed by atoms with Crippen molar-refractivity contribution in [2.45, 2.75) is 58.8 Å². The van der Waals surface area contributed by atoms with Gasteiger partial charge in [0.05, 0.1) is 0 Å². The number of rotatable bonds is 8. The van der Waals surface area contributed by atoms with Crippen molar-refractivity contribution >= 4 is 11.3 Å². The number of nitrogens with one attached hydrogen (secondary N) is 1. The van der Waals surface area contributed by atoms with Gasteiger partial charge in [-0.05, 0) is 66.9 Å². The molecule has 0 spiro atoms. The average molecular weight is 307 g/mol. The predicted octanol–water partition coefficient (Wildman–Crippen LogP) is 6.68. The first-order valence-corrected chi connectivity index (χ1v) is 8.90. The number of hydrogen-bond acceptors (Lipinski definition) is 1. The van der Waals surface area contributed by atoms with Crippen molar-refractivity contribution < 1.29 is 0 Å². The van der Waals surface area contributed by atoms with Crippen LogP contribution in [0.25, 0.3) is 5.57 Å². The Balaban J connectivity index is 2.32. The minimum atomic E-state index is 0.635. The van der Waals surface area contributed by atoms with Crippen molar-refractivity contribution in [1.82, 2.24) is 0 Å². The average Bonchev–Trinajstić information content (AvgIpc) is 3.39. The molecule has 1 heteroatoms. The summed E-state index contributed by atoms with van der Waals surface area (Å²) in [4.78, 5) is 0. The van der Waals surface area contributed by atoms with Crippen LogP contribution in [0.15, 0.2) is 54.1 Å². The lowest BCUT2D eigenvalue weighted by molar-refractivity contribution is 0.956. The molecule has 0 heterocycles. The summed E-state index contributed by atoms with van der Waals surface area (Å²) in [5.41, 5.74) is 5.58. The normalized spacial score (nSPS) is 16.1. The van der Waals surface area contributed by atoms with Gasteiger partial charge in [-0.25, -0.2) is 0 Å². The lowest BCUT2D eigenvalue weighted by atomic mass is 9.98. The molecular weight excluding hydrogens is 278 g/mol. The summed E-state index contributed by atoms with van der Waals surface area (Å²) in [6.45, 7) is 6.20. The topological polar surface area (TPSA) is 23.9 Å². The third-order valence-corrected chi connectivity index (χ3v) is 4.22. The second-order valence-electron chi connectivity index (χ2n) is 6.38. The van der Waals surface area contributed by atoms with Crippen LogP contribution in [-0.2, 0) is 0 Å². The molecule has 0 bridgehead atoms. The van der Waals surface area contributed by atoms with E-state index in [0.29, 0.717) is 5.71 Å². The van der Waals surface area contributed by atoms with Gasteiger partial charge in [0, 0.05) is 5.71 Å². The molecule has 0 atom stereocenters. The zero-order chi connectivity index (χ0) is 16.7. The van der Waals surface area contributed by atoms with Crippen molar-refractivity contribution in [3.05, 3.63) is 65.3 Å². The van der Waals surface area contributed by atoms with Crippen LogP contribution in [0, 0.1) is 5.41 Å². The molecule has 0 aromatic heterocycles. The number of allylic oxidation sites excluding steroid dienone is 6. The lowest BCUT2D eigenvalue weighted by Gasteiger charge is -2.07. The number of benzene rings is 1. The van der Waals surface area contributed by atoms with Gasteiger partial charge in [0.2, 0.25) is 0 Å². The minimum Gasteiger partial charge on any atom is -0.305 e. The summed E-state index contributed by atoms with van der Waals surface area (Å²) in [5.74, 6) is 0.798. The fraction of sp³-hybridized carbons (Fsp3) is 0.409. The Kier molecular flexibility index (Phi) is 6.58. The first-order valence-electron chi connectivity index (χ1n) is 8.90. The fourth-order valence-corrected chi connectivity index (χ4v) is 2.62. The van der Waals surface area contributed by atoms with E-state index >= 15 is 0 Å². The van der Waals surface area contributed by atoms with Crippen LogP contribution in [0.3, 0.4) is 0 Å². The van der Waals surface area contributed by atoms with Gasteiger partial charge in [-0.3, -0.25) is 0 Å². The maximum atomic E-state index is 8.02. The van der Waals surface area contributed by atoms with Crippen LogP contribution in [0.2, 0.25) is 0 Å². The molecule has 0 unspecified atom stereocenters. The quantitative estimate of drug-likeness (QED) is 0.409. The largest absolute Gasteiger partial charge is 0.305 e. The van der Waals surface area contributed by atoms with Crippen LogP contribution in [0.5, 0.6) is 0 Å². The molecule has 122 valence electrons. The molecule has 1 N–H and O–H groups in total. The van der Waals surface area contributed by atoms with Gasteiger partial charge < -0.3 is 5.41 Å². The van der Waals surface area contributed by atoms with E-state index in [9.17, 15) is 0 Å². The minimum absolute atomic E-state index is 0.635. The number of hydrogen-bond donors (Lipinski definition) is 1. The van der Waals surface area contributed by atoms with Crippen molar-refractivity contribution in [3.63, 3.8) is 0 Å². The van der Waals surface area contributed by atoms with E-state index in [1.165, 1.54) is 29.5 Å². The Morgan fingerprint density at radius 3 is 2.39 bits per heavy atom. The Morgan fingerprint density at radius 1 is 1.17 bits per heavy atom. The van der Waals surface area contributed by atoms with E-state index in [2.05, 4.69) is 62.4 Å². The molecule has 1 aromatic rings. The Morgan fingerprint density at radius 2 is 1.87 bits per heavy atom. The standard InChI is InChI=1S/C22H29N/c1-4-6-8-21(17(3)23)16-22(9-7-5-2)20-14-12-19(13-15-20)18-10-11-18/h7-9,12-16,18,23H,4-6,10-11H2,1-3H3/b9-7+,21-8-,22-16+,23-17?. The molecular formula is C22H29N. The van der Waals surface area contributed by atoms with Crippen LogP contribution < -0.4 is 0 Å². The van der Waals surface area contributed by atoms with Gasteiger partial charge in [-0.1, -0.05) is 62.8 Å². The van der Waals surface area contributed by atoms with Gasteiger partial charge in [0.25, 0.3) is 0 Å². The third-order valence-electron chi connectivity index (χ3n) is 4.22. The second-order valence-corrected chi connectivity index (χ2v) is 6.38. The molecule has 23 heavy (non-hydrogen) atoms. The monoisotopic (exact) mass is 307 g/mol. The molecule has 1 nitrogen and oxygen atoms in total. The highest BCUT2D eigenvalue weighted by molar-refractivity contribution is 6.00. The van der Waals surface area contributed by atoms with E-state index in [1.807, 2.05) is 6.92 Å². The van der Waals surface area contributed by atoms with Crippen molar-refractivity contribution in [3.8, 4) is 0 Å². The summed E-state index contributed by atoms with van der Waals surface area (Å²) in [6, 6.07) is 9.01. The summed E-state index contributed by atoms with van der Waals surface area (Å²) in [6.07, 6.45) is 14.6. The molecule has 1 aliphatic carbocycles. The molecule has 2 rings (SSSR count). The van der Waals surface area contributed by atoms with E-state index in [-0.39, 0.29) is 0 Å². The summed E-state index contributed by atoms with van der Waals surface area (Å²) < 4.78 is 0. The van der Waals surface area contributed by atoms with Crippen LogP contribution in [0.4, 0.5) is 0 Å². The maximum absolute atomic E-state index is 8.02. The van der Waals surface area contributed by atoms with Crippen LogP contribution in [0.1, 0.15) is 69.9 Å². The van der Waals surface area contributed by atoms with E-state index in [0.717, 1.165) is 30.8 Å². The molecule has 1 saturated carbocycles. The zero-order valence-corrected chi connectivity index (χ0v) is 14.7. The molecule has 0 saturated heterocycles. The Bertz CT molecular complexity index is 610. The van der Waals surface area contributed by atoms with Crippen molar-refractivity contribution in [1.29, 1.82) is 5.41 Å². The fourth-order valence-electron chi connectivity index (χ4n) is 2.62. The van der Waals surface area contributed by atoms with Gasteiger partial charge in [-0.2, -0.15) is 0 Å². The highest BCUT2D eigenvalue weighted by Crippen LogP contribution is 2.40. The maximum Gasteiger partial charge on any atom is 0.0352 e. The highest BCUT2D eigenvalue weighted by atomic mass is 14.4. The van der Waals surface area contributed by atoms with Gasteiger partial charge in [-0.15, -0.1) is 0 Å². The molecule has 1 aliphatic rings. The molecule has 1 fully saturated rings.